The summed E-state index contributed by atoms with van der Waals surface area (Å²) < 4.78 is 5.88. The van der Waals surface area contributed by atoms with Crippen molar-refractivity contribution in [3.8, 4) is 11.8 Å². The van der Waals surface area contributed by atoms with Gasteiger partial charge in [0.15, 0.2) is 0 Å². The monoisotopic (exact) mass is 347 g/mol. The molecule has 2 aromatic carbocycles. The molecule has 0 fully saturated rings. The molecule has 0 aliphatic carbocycles. The van der Waals surface area contributed by atoms with Gasteiger partial charge >= 0.3 is 0 Å². The first-order valence-corrected chi connectivity index (χ1v) is 9.19. The highest BCUT2D eigenvalue weighted by atomic mass is 16.5. The quantitative estimate of drug-likeness (QED) is 0.235. The van der Waals surface area contributed by atoms with Crippen molar-refractivity contribution >= 4 is 11.9 Å². The lowest BCUT2D eigenvalue weighted by molar-refractivity contribution is 0.104. The van der Waals surface area contributed by atoms with Crippen molar-refractivity contribution in [2.75, 3.05) is 6.61 Å². The van der Waals surface area contributed by atoms with E-state index in [1.165, 1.54) is 19.3 Å². The van der Waals surface area contributed by atoms with Crippen molar-refractivity contribution in [2.24, 2.45) is 0 Å². The van der Waals surface area contributed by atoms with Crippen LogP contribution >= 0.6 is 0 Å². The van der Waals surface area contributed by atoms with Crippen LogP contribution in [0.25, 0.3) is 6.08 Å². The minimum Gasteiger partial charge on any atom is -0.493 e. The number of ketones is 1. The Hall–Kier alpha value is -2.86. The summed E-state index contributed by atoms with van der Waals surface area (Å²) in [5, 5.41) is 9.43. The summed E-state index contributed by atoms with van der Waals surface area (Å²) in [5.41, 5.74) is 1.37. The number of benzene rings is 2. The fourth-order valence-corrected chi connectivity index (χ4v) is 2.67. The molecule has 3 nitrogen and oxygen atoms in total. The van der Waals surface area contributed by atoms with E-state index < -0.39 is 0 Å². The van der Waals surface area contributed by atoms with Crippen LogP contribution in [-0.2, 0) is 0 Å². The second-order valence-electron chi connectivity index (χ2n) is 6.17. The minimum absolute atomic E-state index is 0.107. The van der Waals surface area contributed by atoms with Gasteiger partial charge in [-0.2, -0.15) is 5.26 Å². The van der Waals surface area contributed by atoms with Gasteiger partial charge in [-0.25, -0.2) is 0 Å². The molecule has 0 aromatic heterocycles. The predicted molar refractivity (Wildman–Crippen MR) is 105 cm³/mol. The van der Waals surface area contributed by atoms with Gasteiger partial charge in [0.05, 0.1) is 6.61 Å². The van der Waals surface area contributed by atoms with Crippen molar-refractivity contribution in [1.29, 1.82) is 5.26 Å². The number of carbonyl (C=O) groups excluding carboxylic acids is 1. The summed E-state index contributed by atoms with van der Waals surface area (Å²) in [4.78, 5) is 12.5. The molecule has 0 amide bonds. The van der Waals surface area contributed by atoms with E-state index in [9.17, 15) is 10.1 Å². The number of carbonyl (C=O) groups is 1. The number of rotatable bonds is 10. The van der Waals surface area contributed by atoms with E-state index in [0.717, 1.165) is 18.4 Å². The molecule has 3 heteroatoms. The fourth-order valence-electron chi connectivity index (χ4n) is 2.67. The van der Waals surface area contributed by atoms with Crippen LogP contribution in [-0.4, -0.2) is 12.4 Å². The summed E-state index contributed by atoms with van der Waals surface area (Å²) in [5.74, 6) is 0.430. The van der Waals surface area contributed by atoms with E-state index >= 15 is 0 Å². The SMILES string of the molecule is CCCCCCCOc1ccccc1/C=C(\C#N)C(=O)c1ccccc1. The zero-order chi connectivity index (χ0) is 18.6. The molecule has 26 heavy (non-hydrogen) atoms. The highest BCUT2D eigenvalue weighted by Gasteiger charge is 2.12. The topological polar surface area (TPSA) is 50.1 Å². The molecule has 0 atom stereocenters. The average molecular weight is 347 g/mol. The van der Waals surface area contributed by atoms with Gasteiger partial charge in [-0.3, -0.25) is 4.79 Å². The zero-order valence-electron chi connectivity index (χ0n) is 15.3. The Morgan fingerprint density at radius 1 is 1.00 bits per heavy atom. The lowest BCUT2D eigenvalue weighted by Crippen LogP contribution is -2.02. The largest absolute Gasteiger partial charge is 0.493 e. The van der Waals surface area contributed by atoms with E-state index in [2.05, 4.69) is 6.92 Å². The maximum atomic E-state index is 12.5. The van der Waals surface area contributed by atoms with E-state index in [-0.39, 0.29) is 11.4 Å². The molecule has 134 valence electrons. The van der Waals surface area contributed by atoms with Crippen molar-refractivity contribution in [2.45, 2.75) is 39.0 Å². The number of para-hydroxylation sites is 1. The first-order chi connectivity index (χ1) is 12.8. The fraction of sp³-hybridized carbons (Fsp3) is 0.304. The normalized spacial score (nSPS) is 11.0. The van der Waals surface area contributed by atoms with Gasteiger partial charge in [-0.15, -0.1) is 0 Å². The highest BCUT2D eigenvalue weighted by Crippen LogP contribution is 2.22. The number of hydrogen-bond donors (Lipinski definition) is 0. The van der Waals surface area contributed by atoms with Crippen LogP contribution in [0.3, 0.4) is 0 Å². The third kappa shape index (κ3) is 5.89. The molecule has 0 saturated carbocycles. The maximum absolute atomic E-state index is 12.5. The predicted octanol–water partition coefficient (Wildman–Crippen LogP) is 5.83. The van der Waals surface area contributed by atoms with Gasteiger partial charge in [-0.1, -0.05) is 81.1 Å². The summed E-state index contributed by atoms with van der Waals surface area (Å²) in [7, 11) is 0. The Balaban J connectivity index is 2.08. The Kier molecular flexibility index (Phi) is 8.15. The summed E-state index contributed by atoms with van der Waals surface area (Å²) in [6.45, 7) is 2.84. The molecule has 0 spiro atoms. The number of Topliss-reactive ketones (excluding diaryl/α,β-unsaturated/α-hetero) is 1. The van der Waals surface area contributed by atoms with Gasteiger partial charge in [0.25, 0.3) is 0 Å². The van der Waals surface area contributed by atoms with Crippen molar-refractivity contribution in [1.82, 2.24) is 0 Å². The molecule has 0 aliphatic rings. The molecule has 0 unspecified atom stereocenters. The number of ether oxygens (including phenoxy) is 1. The van der Waals surface area contributed by atoms with Crippen molar-refractivity contribution < 1.29 is 9.53 Å². The summed E-state index contributed by atoms with van der Waals surface area (Å²) >= 11 is 0. The highest BCUT2D eigenvalue weighted by molar-refractivity contribution is 6.14. The van der Waals surface area contributed by atoms with Gasteiger partial charge in [0.2, 0.25) is 5.78 Å². The van der Waals surface area contributed by atoms with Gasteiger partial charge < -0.3 is 4.74 Å². The first-order valence-electron chi connectivity index (χ1n) is 9.19. The maximum Gasteiger partial charge on any atom is 0.203 e. The van der Waals surface area contributed by atoms with Crippen LogP contribution < -0.4 is 4.74 Å². The Labute approximate surface area is 155 Å². The van der Waals surface area contributed by atoms with E-state index in [1.807, 2.05) is 36.4 Å². The van der Waals surface area contributed by atoms with E-state index in [4.69, 9.17) is 4.74 Å². The smallest absolute Gasteiger partial charge is 0.203 e. The zero-order valence-corrected chi connectivity index (χ0v) is 15.3. The summed E-state index contributed by atoms with van der Waals surface area (Å²) in [6, 6.07) is 18.4. The van der Waals surface area contributed by atoms with Gasteiger partial charge in [0.1, 0.15) is 17.4 Å². The van der Waals surface area contributed by atoms with E-state index in [0.29, 0.717) is 17.9 Å². The van der Waals surface area contributed by atoms with Crippen LogP contribution in [0, 0.1) is 11.3 Å². The molecule has 0 aliphatic heterocycles. The molecule has 0 radical (unpaired) electrons. The van der Waals surface area contributed by atoms with Crippen molar-refractivity contribution in [3.05, 3.63) is 71.3 Å². The number of nitriles is 1. The van der Waals surface area contributed by atoms with Crippen LogP contribution in [0.1, 0.15) is 54.9 Å². The molecule has 0 saturated heterocycles. The van der Waals surface area contributed by atoms with Crippen LogP contribution in [0.4, 0.5) is 0 Å². The van der Waals surface area contributed by atoms with Crippen LogP contribution in [0.15, 0.2) is 60.2 Å². The first kappa shape index (κ1) is 19.5. The standard InChI is InChI=1S/C23H25NO2/c1-2-3-4-5-11-16-26-22-15-10-9-14-20(22)17-21(18-24)23(25)19-12-7-6-8-13-19/h6-10,12-15,17H,2-5,11,16H2,1H3/b21-17+. The third-order valence-corrected chi connectivity index (χ3v) is 4.13. The lowest BCUT2D eigenvalue weighted by Gasteiger charge is -2.09. The molecule has 2 aromatic rings. The Bertz CT molecular complexity index is 772. The molecule has 2 rings (SSSR count). The van der Waals surface area contributed by atoms with Gasteiger partial charge in [-0.05, 0) is 18.6 Å². The third-order valence-electron chi connectivity index (χ3n) is 4.13. The lowest BCUT2D eigenvalue weighted by atomic mass is 10.0. The Morgan fingerprint density at radius 2 is 1.69 bits per heavy atom. The molecule has 0 bridgehead atoms. The van der Waals surface area contributed by atoms with Crippen molar-refractivity contribution in [3.63, 3.8) is 0 Å². The Morgan fingerprint density at radius 3 is 2.42 bits per heavy atom. The number of unbranched alkanes of at least 4 members (excludes halogenated alkanes) is 4. The second-order valence-corrected chi connectivity index (χ2v) is 6.17. The minimum atomic E-state index is -0.275. The van der Waals surface area contributed by atoms with Gasteiger partial charge in [0, 0.05) is 11.1 Å². The van der Waals surface area contributed by atoms with Crippen LogP contribution in [0.5, 0.6) is 5.75 Å². The average Bonchev–Trinajstić information content (AvgIpc) is 2.70. The summed E-state index contributed by atoms with van der Waals surface area (Å²) in [6.07, 6.45) is 7.48. The molecular formula is C23H25NO2. The molecule has 0 N–H and O–H groups in total. The molecular weight excluding hydrogens is 322 g/mol. The number of allylic oxidation sites excluding steroid dienone is 1. The number of nitrogens with zero attached hydrogens (tertiary/aromatic N) is 1. The number of hydrogen-bond acceptors (Lipinski definition) is 3. The molecule has 0 heterocycles. The van der Waals surface area contributed by atoms with E-state index in [1.54, 1.807) is 30.3 Å². The van der Waals surface area contributed by atoms with Crippen LogP contribution in [0.2, 0.25) is 0 Å². The second kappa shape index (κ2) is 10.9.